The van der Waals surface area contributed by atoms with Crippen molar-refractivity contribution in [2.45, 2.75) is 26.0 Å². The molecule has 0 spiro atoms. The Morgan fingerprint density at radius 2 is 1.91 bits per heavy atom. The van der Waals surface area contributed by atoms with Gasteiger partial charge in [0.25, 0.3) is 5.91 Å². The average molecular weight is 701 g/mol. The van der Waals surface area contributed by atoms with Gasteiger partial charge in [0.05, 0.1) is 30.9 Å². The minimum absolute atomic E-state index is 0.00529. The van der Waals surface area contributed by atoms with Crippen LogP contribution in [-0.4, -0.2) is 71.4 Å². The number of aromatic nitrogens is 4. The molecule has 5 aromatic rings. The molecular weight excluding hydrogens is 671 g/mol. The second-order valence-electron chi connectivity index (χ2n) is 10.7. The maximum Gasteiger partial charge on any atom is 0.261 e. The lowest BCUT2D eigenvalue weighted by molar-refractivity contribution is -0.135. The monoisotopic (exact) mass is 700 g/mol. The fourth-order valence-electron chi connectivity index (χ4n) is 5.25. The highest BCUT2D eigenvalue weighted by atomic mass is 35.5. The first kappa shape index (κ1) is 32.6. The van der Waals surface area contributed by atoms with Gasteiger partial charge in [0.2, 0.25) is 15.0 Å². The van der Waals surface area contributed by atoms with E-state index in [-0.39, 0.29) is 35.4 Å². The lowest BCUT2D eigenvalue weighted by atomic mass is 9.95. The molecule has 0 aliphatic carbocycles. The third-order valence-corrected chi connectivity index (χ3v) is 8.90. The van der Waals surface area contributed by atoms with Crippen molar-refractivity contribution >= 4 is 49.6 Å². The summed E-state index contributed by atoms with van der Waals surface area (Å²) in [6, 6.07) is 16.2. The number of ether oxygens (including phenoxy) is 3. The maximum absolute atomic E-state index is 15.9. The van der Waals surface area contributed by atoms with Gasteiger partial charge in [0, 0.05) is 24.6 Å². The molecule has 1 unspecified atom stereocenters. The number of nitrogens with zero attached hydrogens (tertiary/aromatic N) is 5. The Kier molecular flexibility index (Phi) is 9.59. The molecule has 3 aromatic heterocycles. The fourth-order valence-corrected chi connectivity index (χ4v) is 6.72. The number of imidazole rings is 1. The number of sulfonamides is 1. The molecule has 1 atom stereocenters. The number of rotatable bonds is 12. The van der Waals surface area contributed by atoms with Gasteiger partial charge in [-0.1, -0.05) is 53.3 Å². The summed E-state index contributed by atoms with van der Waals surface area (Å²) in [6.07, 6.45) is 1.42. The van der Waals surface area contributed by atoms with Crippen molar-refractivity contribution in [3.8, 4) is 11.5 Å². The van der Waals surface area contributed by atoms with E-state index in [4.69, 9.17) is 30.8 Å². The molecule has 0 bridgehead atoms. The summed E-state index contributed by atoms with van der Waals surface area (Å²) < 4.78 is 60.0. The predicted molar refractivity (Wildman–Crippen MR) is 174 cm³/mol. The topological polar surface area (TPSA) is 137 Å². The summed E-state index contributed by atoms with van der Waals surface area (Å²) in [7, 11) is -3.56. The summed E-state index contributed by atoms with van der Waals surface area (Å²) in [6.45, 7) is 2.66. The quantitative estimate of drug-likeness (QED) is 0.144. The number of halogens is 2. The minimum atomic E-state index is -3.56. The van der Waals surface area contributed by atoms with E-state index < -0.39 is 34.4 Å². The third-order valence-electron chi connectivity index (χ3n) is 7.23. The van der Waals surface area contributed by atoms with Crippen molar-refractivity contribution in [2.24, 2.45) is 0 Å². The third kappa shape index (κ3) is 7.64. The second kappa shape index (κ2) is 13.8. The van der Waals surface area contributed by atoms with Gasteiger partial charge in [-0.3, -0.25) is 9.52 Å². The molecule has 1 aliphatic rings. The smallest absolute Gasteiger partial charge is 0.261 e. The standard InChI is InChI=1S/C31H30ClFN6O6S2/c1-19-36-39-29-24(34-31(39)46-19)12-13-38(27(40)18-45-25-10-11-26(35-30(25)32)37-47(2,41)42)28(29)22-9-8-21(16-23(22)33)44-15-14-43-17-20-6-4-3-5-7-20/h3-11,16,28H,12-15,17-18H2,1-2H3,(H,35,37). The van der Waals surface area contributed by atoms with Crippen LogP contribution < -0.4 is 14.2 Å². The number of hydrogen-bond donors (Lipinski definition) is 1. The summed E-state index contributed by atoms with van der Waals surface area (Å²) in [5.41, 5.74) is 2.62. The van der Waals surface area contributed by atoms with E-state index in [0.29, 0.717) is 36.0 Å². The normalized spacial score (nSPS) is 14.6. The number of pyridine rings is 1. The van der Waals surface area contributed by atoms with Gasteiger partial charge in [-0.05, 0) is 36.8 Å². The van der Waals surface area contributed by atoms with E-state index in [2.05, 4.69) is 14.8 Å². The number of anilines is 1. The first-order valence-electron chi connectivity index (χ1n) is 14.5. The molecule has 0 fully saturated rings. The lowest BCUT2D eigenvalue weighted by Crippen LogP contribution is -2.43. The zero-order chi connectivity index (χ0) is 33.1. The Morgan fingerprint density at radius 3 is 2.66 bits per heavy atom. The number of benzene rings is 2. The van der Waals surface area contributed by atoms with Gasteiger partial charge in [-0.25, -0.2) is 27.3 Å². The van der Waals surface area contributed by atoms with Gasteiger partial charge < -0.3 is 19.1 Å². The van der Waals surface area contributed by atoms with Crippen LogP contribution in [0.15, 0.2) is 60.7 Å². The number of nitrogens with one attached hydrogen (secondary N) is 1. The van der Waals surface area contributed by atoms with E-state index in [0.717, 1.165) is 22.5 Å². The van der Waals surface area contributed by atoms with Crippen LogP contribution in [-0.2, 0) is 32.6 Å². The van der Waals surface area contributed by atoms with E-state index in [1.54, 1.807) is 16.6 Å². The number of carbonyl (C=O) groups excluding carboxylic acids is 1. The highest BCUT2D eigenvalue weighted by Crippen LogP contribution is 2.38. The van der Waals surface area contributed by atoms with Crippen LogP contribution >= 0.6 is 22.9 Å². The molecule has 0 saturated heterocycles. The number of hydrogen-bond acceptors (Lipinski definition) is 10. The van der Waals surface area contributed by atoms with Crippen LogP contribution in [0, 0.1) is 12.7 Å². The Hall–Kier alpha value is -4.31. The van der Waals surface area contributed by atoms with E-state index in [9.17, 15) is 13.2 Å². The maximum atomic E-state index is 15.9. The van der Waals surface area contributed by atoms with Crippen LogP contribution in [0.3, 0.4) is 0 Å². The molecule has 12 nitrogen and oxygen atoms in total. The lowest BCUT2D eigenvalue weighted by Gasteiger charge is -2.35. The zero-order valence-corrected chi connectivity index (χ0v) is 27.7. The Balaban J connectivity index is 1.20. The molecule has 16 heteroatoms. The molecule has 0 radical (unpaired) electrons. The molecule has 1 aliphatic heterocycles. The zero-order valence-electron chi connectivity index (χ0n) is 25.4. The molecule has 246 valence electrons. The Morgan fingerprint density at radius 1 is 1.11 bits per heavy atom. The van der Waals surface area contributed by atoms with Crippen molar-refractivity contribution in [2.75, 3.05) is 37.3 Å². The Labute approximate surface area is 279 Å². The minimum Gasteiger partial charge on any atom is -0.491 e. The fraction of sp³-hybridized carbons (Fsp3) is 0.290. The highest BCUT2D eigenvalue weighted by molar-refractivity contribution is 7.92. The van der Waals surface area contributed by atoms with Crippen molar-refractivity contribution in [3.63, 3.8) is 0 Å². The van der Waals surface area contributed by atoms with Gasteiger partial charge in [-0.2, -0.15) is 5.10 Å². The molecule has 2 aromatic carbocycles. The average Bonchev–Trinajstić information content (AvgIpc) is 3.55. The van der Waals surface area contributed by atoms with Crippen LogP contribution in [0.5, 0.6) is 11.5 Å². The molecule has 0 saturated carbocycles. The van der Waals surface area contributed by atoms with Crippen LogP contribution in [0.4, 0.5) is 10.2 Å². The van der Waals surface area contributed by atoms with E-state index in [1.165, 1.54) is 34.4 Å². The van der Waals surface area contributed by atoms with E-state index >= 15 is 4.39 Å². The first-order valence-corrected chi connectivity index (χ1v) is 17.6. The van der Waals surface area contributed by atoms with Gasteiger partial charge >= 0.3 is 0 Å². The second-order valence-corrected chi connectivity index (χ2v) is 14.0. The van der Waals surface area contributed by atoms with Gasteiger partial charge in [0.1, 0.15) is 35.0 Å². The van der Waals surface area contributed by atoms with Crippen LogP contribution in [0.2, 0.25) is 5.15 Å². The number of carbonyl (C=O) groups is 1. The Bertz CT molecular complexity index is 2020. The summed E-state index contributed by atoms with van der Waals surface area (Å²) in [5, 5.41) is 5.23. The molecule has 1 N–H and O–H groups in total. The molecule has 4 heterocycles. The molecule has 47 heavy (non-hydrogen) atoms. The van der Waals surface area contributed by atoms with Gasteiger partial charge in [-0.15, -0.1) is 0 Å². The van der Waals surface area contributed by atoms with Crippen LogP contribution in [0.25, 0.3) is 4.96 Å². The van der Waals surface area contributed by atoms with Crippen molar-refractivity contribution in [3.05, 3.63) is 99.2 Å². The largest absolute Gasteiger partial charge is 0.491 e. The van der Waals surface area contributed by atoms with Crippen LogP contribution in [0.1, 0.15) is 33.6 Å². The summed E-state index contributed by atoms with van der Waals surface area (Å²) in [4.78, 5) is 24.6. The first-order chi connectivity index (χ1) is 22.6. The van der Waals surface area contributed by atoms with E-state index in [1.807, 2.05) is 37.3 Å². The number of aryl methyl sites for hydroxylation is 1. The number of amides is 1. The molecule has 6 rings (SSSR count). The highest BCUT2D eigenvalue weighted by Gasteiger charge is 2.38. The van der Waals surface area contributed by atoms with Gasteiger partial charge in [0.15, 0.2) is 17.5 Å². The SMILES string of the molecule is Cc1nn2c3c(nc2s1)CCN(C(=O)COc1ccc(NS(C)(=O)=O)nc1Cl)C3c1ccc(OCCOCc2ccccc2)cc1F. The van der Waals surface area contributed by atoms with Crippen molar-refractivity contribution in [1.29, 1.82) is 0 Å². The number of fused-ring (bicyclic) bond motifs is 3. The predicted octanol–water partition coefficient (Wildman–Crippen LogP) is 4.81. The van der Waals surface area contributed by atoms with Crippen molar-refractivity contribution < 1.29 is 31.8 Å². The summed E-state index contributed by atoms with van der Waals surface area (Å²) in [5.74, 6) is -0.591. The van der Waals surface area contributed by atoms with Crippen molar-refractivity contribution in [1.82, 2.24) is 24.5 Å². The molecular formula is C31H30ClFN6O6S2. The summed E-state index contributed by atoms with van der Waals surface area (Å²) >= 11 is 7.61. The molecule has 1 amide bonds.